The molecule has 0 aromatic carbocycles. The van der Waals surface area contributed by atoms with E-state index in [0.717, 1.165) is 0 Å². The number of carboxylic acids is 1. The fourth-order valence-corrected chi connectivity index (χ4v) is 0.562. The van der Waals surface area contributed by atoms with Crippen molar-refractivity contribution in [3.63, 3.8) is 0 Å². The van der Waals surface area contributed by atoms with Crippen LogP contribution in [0, 0.1) is 0 Å². The van der Waals surface area contributed by atoms with Crippen LogP contribution in [0.5, 0.6) is 0 Å². The number of ether oxygens (including phenoxy) is 1. The van der Waals surface area contributed by atoms with Crippen molar-refractivity contribution in [1.29, 1.82) is 0 Å². The van der Waals surface area contributed by atoms with Gasteiger partial charge in [-0.3, -0.25) is 0 Å². The molecule has 0 aliphatic rings. The summed E-state index contributed by atoms with van der Waals surface area (Å²) in [6, 6.07) is 0. The van der Waals surface area contributed by atoms with Crippen molar-refractivity contribution >= 4 is 5.97 Å². The van der Waals surface area contributed by atoms with E-state index >= 15 is 0 Å². The van der Waals surface area contributed by atoms with Crippen LogP contribution >= 0.6 is 0 Å². The van der Waals surface area contributed by atoms with Gasteiger partial charge in [0.25, 0.3) is 0 Å². The van der Waals surface area contributed by atoms with Gasteiger partial charge >= 0.3 is 5.97 Å². The minimum Gasteiger partial charge on any atom is -0.482 e. The van der Waals surface area contributed by atoms with Crippen LogP contribution in [0.4, 0.5) is 0 Å². The van der Waals surface area contributed by atoms with E-state index in [1.54, 1.807) is 13.8 Å². The first-order valence-corrected chi connectivity index (χ1v) is 3.24. The van der Waals surface area contributed by atoms with E-state index in [1.807, 2.05) is 0 Å². The lowest BCUT2D eigenvalue weighted by molar-refractivity contribution is -0.136. The van der Waals surface area contributed by atoms with Crippen molar-refractivity contribution in [2.75, 3.05) is 6.61 Å². The predicted molar refractivity (Wildman–Crippen MR) is 42.2 cm³/mol. The van der Waals surface area contributed by atoms with Gasteiger partial charge in [0.1, 0.15) is 6.61 Å². The molecule has 0 amide bonds. The molecule has 62 valence electrons. The number of carboxylic acid groups (broad SMARTS) is 1. The maximum Gasteiger partial charge on any atom is 0.371 e. The summed E-state index contributed by atoms with van der Waals surface area (Å²) in [4.78, 5) is 10.4. The van der Waals surface area contributed by atoms with E-state index in [4.69, 9.17) is 9.84 Å². The average Bonchev–Trinajstić information content (AvgIpc) is 1.87. The van der Waals surface area contributed by atoms with Crippen molar-refractivity contribution in [2.45, 2.75) is 13.8 Å². The van der Waals surface area contributed by atoms with Crippen LogP contribution < -0.4 is 0 Å². The molecule has 11 heavy (non-hydrogen) atoms. The van der Waals surface area contributed by atoms with Gasteiger partial charge < -0.3 is 9.84 Å². The molecule has 3 nitrogen and oxygen atoms in total. The Kier molecular flexibility index (Phi) is 4.03. The minimum absolute atomic E-state index is 0.00454. The second kappa shape index (κ2) is 4.55. The molecule has 0 spiro atoms. The molecule has 0 bridgehead atoms. The quantitative estimate of drug-likeness (QED) is 0.381. The summed E-state index contributed by atoms with van der Waals surface area (Å²) in [6.45, 7) is 7.01. The molecule has 0 aliphatic carbocycles. The molecule has 0 unspecified atom stereocenters. The number of hydrogen-bond acceptors (Lipinski definition) is 2. The van der Waals surface area contributed by atoms with Crippen LogP contribution in [0.2, 0.25) is 0 Å². The Labute approximate surface area is 66.0 Å². The number of hydrogen-bond donors (Lipinski definition) is 1. The Morgan fingerprint density at radius 3 is 2.45 bits per heavy atom. The average molecular weight is 156 g/mol. The summed E-state index contributed by atoms with van der Waals surface area (Å²) >= 11 is 0. The number of carbonyl (C=O) groups is 1. The minimum atomic E-state index is -1.04. The summed E-state index contributed by atoms with van der Waals surface area (Å²) in [7, 11) is 0. The molecule has 0 heterocycles. The molecule has 0 rings (SSSR count). The van der Waals surface area contributed by atoms with Crippen LogP contribution in [0.25, 0.3) is 0 Å². The number of rotatable bonds is 4. The molecule has 0 atom stereocenters. The molecular weight excluding hydrogens is 144 g/mol. The highest BCUT2D eigenvalue weighted by molar-refractivity contribution is 5.84. The highest BCUT2D eigenvalue weighted by Gasteiger charge is 2.08. The van der Waals surface area contributed by atoms with E-state index in [2.05, 4.69) is 6.58 Å². The van der Waals surface area contributed by atoms with Crippen molar-refractivity contribution in [3.8, 4) is 0 Å². The molecule has 1 N–H and O–H groups in total. The number of allylic oxidation sites excluding steroid dienone is 1. The van der Waals surface area contributed by atoms with E-state index < -0.39 is 5.97 Å². The maximum absolute atomic E-state index is 10.4. The zero-order chi connectivity index (χ0) is 8.85. The van der Waals surface area contributed by atoms with Gasteiger partial charge in [-0.2, -0.15) is 0 Å². The maximum atomic E-state index is 10.4. The standard InChI is InChI=1S/C8H12O3/c1-4-5-11-7(6(2)3)8(9)10/h4H,1,5H2,2-3H3,(H,9,10). The first kappa shape index (κ1) is 9.75. The Morgan fingerprint density at radius 2 is 2.18 bits per heavy atom. The second-order valence-corrected chi connectivity index (χ2v) is 2.23. The third kappa shape index (κ3) is 3.45. The molecular formula is C8H12O3. The van der Waals surface area contributed by atoms with Gasteiger partial charge in [0, 0.05) is 0 Å². The first-order chi connectivity index (χ1) is 5.09. The molecule has 0 fully saturated rings. The molecule has 0 aromatic rings. The lowest BCUT2D eigenvalue weighted by Crippen LogP contribution is -2.06. The van der Waals surface area contributed by atoms with Gasteiger partial charge in [0.15, 0.2) is 0 Å². The lowest BCUT2D eigenvalue weighted by Gasteiger charge is -2.04. The normalized spacial score (nSPS) is 8.55. The summed E-state index contributed by atoms with van der Waals surface area (Å²) < 4.78 is 4.88. The summed E-state index contributed by atoms with van der Waals surface area (Å²) in [5.74, 6) is -1.03. The van der Waals surface area contributed by atoms with Crippen LogP contribution in [0.1, 0.15) is 13.8 Å². The van der Waals surface area contributed by atoms with Gasteiger partial charge in [0.05, 0.1) is 0 Å². The molecule has 0 radical (unpaired) electrons. The van der Waals surface area contributed by atoms with E-state index in [1.165, 1.54) is 6.08 Å². The molecule has 0 aromatic heterocycles. The van der Waals surface area contributed by atoms with Crippen molar-refractivity contribution in [3.05, 3.63) is 24.0 Å². The van der Waals surface area contributed by atoms with E-state index in [0.29, 0.717) is 5.57 Å². The lowest BCUT2D eigenvalue weighted by atomic mass is 10.3. The molecule has 3 heteroatoms. The monoisotopic (exact) mass is 156 g/mol. The van der Waals surface area contributed by atoms with Gasteiger partial charge in [0.2, 0.25) is 5.76 Å². The van der Waals surface area contributed by atoms with Gasteiger partial charge in [-0.1, -0.05) is 12.7 Å². The Balaban J connectivity index is 4.25. The first-order valence-electron chi connectivity index (χ1n) is 3.24. The van der Waals surface area contributed by atoms with Gasteiger partial charge in [-0.15, -0.1) is 0 Å². The summed E-state index contributed by atoms with van der Waals surface area (Å²) in [5.41, 5.74) is 0.652. The van der Waals surface area contributed by atoms with Crippen LogP contribution in [0.15, 0.2) is 24.0 Å². The molecule has 0 saturated heterocycles. The predicted octanol–water partition coefficient (Wildman–Crippen LogP) is 1.57. The Morgan fingerprint density at radius 1 is 1.64 bits per heavy atom. The van der Waals surface area contributed by atoms with Gasteiger partial charge in [-0.25, -0.2) is 4.79 Å². The van der Waals surface area contributed by atoms with Crippen LogP contribution in [-0.4, -0.2) is 17.7 Å². The van der Waals surface area contributed by atoms with Gasteiger partial charge in [-0.05, 0) is 19.4 Å². The molecule has 0 aliphatic heterocycles. The largest absolute Gasteiger partial charge is 0.482 e. The van der Waals surface area contributed by atoms with Crippen LogP contribution in [-0.2, 0) is 9.53 Å². The Bertz CT molecular complexity index is 188. The highest BCUT2D eigenvalue weighted by atomic mass is 16.5. The van der Waals surface area contributed by atoms with Crippen molar-refractivity contribution in [1.82, 2.24) is 0 Å². The van der Waals surface area contributed by atoms with Crippen LogP contribution in [0.3, 0.4) is 0 Å². The fraction of sp³-hybridized carbons (Fsp3) is 0.375. The fourth-order valence-electron chi connectivity index (χ4n) is 0.562. The summed E-state index contributed by atoms with van der Waals surface area (Å²) in [6.07, 6.45) is 1.51. The smallest absolute Gasteiger partial charge is 0.371 e. The zero-order valence-electron chi connectivity index (χ0n) is 6.76. The second-order valence-electron chi connectivity index (χ2n) is 2.23. The van der Waals surface area contributed by atoms with E-state index in [-0.39, 0.29) is 12.4 Å². The third-order valence-electron chi connectivity index (χ3n) is 0.994. The topological polar surface area (TPSA) is 46.5 Å². The van der Waals surface area contributed by atoms with Crippen molar-refractivity contribution in [2.24, 2.45) is 0 Å². The molecule has 0 saturated carbocycles. The van der Waals surface area contributed by atoms with E-state index in [9.17, 15) is 4.79 Å². The zero-order valence-corrected chi connectivity index (χ0v) is 6.76. The summed E-state index contributed by atoms with van der Waals surface area (Å²) in [5, 5.41) is 8.55. The Hall–Kier alpha value is -1.25. The highest BCUT2D eigenvalue weighted by Crippen LogP contribution is 2.04. The third-order valence-corrected chi connectivity index (χ3v) is 0.994. The number of aliphatic carboxylic acids is 1. The SMILES string of the molecule is C=CCOC(C(=O)O)=C(C)C. The van der Waals surface area contributed by atoms with Crippen molar-refractivity contribution < 1.29 is 14.6 Å².